The van der Waals surface area contributed by atoms with Gasteiger partial charge in [-0.3, -0.25) is 4.79 Å². The van der Waals surface area contributed by atoms with E-state index in [2.05, 4.69) is 21.4 Å². The van der Waals surface area contributed by atoms with Gasteiger partial charge < -0.3 is 15.1 Å². The van der Waals surface area contributed by atoms with Gasteiger partial charge in [-0.1, -0.05) is 6.07 Å². The summed E-state index contributed by atoms with van der Waals surface area (Å²) in [5.41, 5.74) is 0. The maximum Gasteiger partial charge on any atom is 0.230 e. The zero-order chi connectivity index (χ0) is 14.7. The van der Waals surface area contributed by atoms with Crippen LogP contribution in [0.5, 0.6) is 0 Å². The summed E-state index contributed by atoms with van der Waals surface area (Å²) in [7, 11) is 0. The van der Waals surface area contributed by atoms with E-state index in [1.54, 1.807) is 4.90 Å². The Hall–Kier alpha value is -2.29. The lowest BCUT2D eigenvalue weighted by Crippen LogP contribution is -2.26. The molecule has 3 heterocycles. The zero-order valence-electron chi connectivity index (χ0n) is 12.0. The van der Waals surface area contributed by atoms with Crippen molar-refractivity contribution in [3.63, 3.8) is 0 Å². The van der Waals surface area contributed by atoms with Crippen LogP contribution in [0.15, 0.2) is 18.2 Å². The Morgan fingerprint density at radius 1 is 1.33 bits per heavy atom. The highest BCUT2D eigenvalue weighted by atomic mass is 16.2. The normalized spacial score (nSPS) is 21.4. The van der Waals surface area contributed by atoms with Crippen LogP contribution >= 0.6 is 0 Å². The number of carbonyl (C=O) groups is 1. The van der Waals surface area contributed by atoms with Gasteiger partial charge in [-0.2, -0.15) is 5.26 Å². The van der Waals surface area contributed by atoms with Crippen LogP contribution in [0.4, 0.5) is 11.6 Å². The fourth-order valence-corrected chi connectivity index (χ4v) is 2.91. The molecule has 6 heteroatoms. The summed E-state index contributed by atoms with van der Waals surface area (Å²) in [4.78, 5) is 20.6. The molecule has 21 heavy (non-hydrogen) atoms. The molecule has 1 aromatic heterocycles. The molecule has 0 saturated carbocycles. The molecule has 0 radical (unpaired) electrons. The summed E-state index contributed by atoms with van der Waals surface area (Å²) in [5, 5.41) is 11.7. The molecule has 1 atom stereocenters. The van der Waals surface area contributed by atoms with Crippen LogP contribution in [0.25, 0.3) is 0 Å². The predicted octanol–water partition coefficient (Wildman–Crippen LogP) is 1.42. The van der Waals surface area contributed by atoms with Crippen molar-refractivity contribution in [1.29, 1.82) is 5.26 Å². The quantitative estimate of drug-likeness (QED) is 0.850. The lowest BCUT2D eigenvalue weighted by atomic mass is 10.1. The molecule has 6 nitrogen and oxygen atoms in total. The number of likely N-dealkylation sites (tertiary alicyclic amines) is 1. The number of nitriles is 1. The number of nitrogens with one attached hydrogen (secondary N) is 1. The Balaban J connectivity index is 1.63. The molecule has 2 aliphatic heterocycles. The number of carbonyl (C=O) groups excluding carboxylic acids is 1. The van der Waals surface area contributed by atoms with Crippen LogP contribution in [-0.4, -0.2) is 42.0 Å². The first kappa shape index (κ1) is 13.7. The van der Waals surface area contributed by atoms with E-state index in [-0.39, 0.29) is 11.8 Å². The zero-order valence-corrected chi connectivity index (χ0v) is 12.0. The maximum atomic E-state index is 12.2. The molecule has 0 spiro atoms. The third-order valence-corrected chi connectivity index (χ3v) is 4.12. The summed E-state index contributed by atoms with van der Waals surface area (Å²) < 4.78 is 0. The third-order valence-electron chi connectivity index (χ3n) is 4.12. The van der Waals surface area contributed by atoms with Crippen molar-refractivity contribution in [2.75, 3.05) is 36.4 Å². The third kappa shape index (κ3) is 3.07. The average Bonchev–Trinajstić information content (AvgIpc) is 3.19. The van der Waals surface area contributed by atoms with Crippen LogP contribution in [0.1, 0.15) is 19.3 Å². The molecule has 1 aromatic rings. The first-order valence-electron chi connectivity index (χ1n) is 7.44. The predicted molar refractivity (Wildman–Crippen MR) is 79.6 cm³/mol. The van der Waals surface area contributed by atoms with Crippen molar-refractivity contribution in [3.8, 4) is 6.19 Å². The van der Waals surface area contributed by atoms with Gasteiger partial charge in [-0.15, -0.1) is 0 Å². The SMILES string of the molecule is N#CN1CC[C@H](C(=O)Nc2cccc(N3CCCC3)n2)C1. The van der Waals surface area contributed by atoms with Gasteiger partial charge in [0.1, 0.15) is 11.6 Å². The minimum absolute atomic E-state index is 0.0428. The summed E-state index contributed by atoms with van der Waals surface area (Å²) in [6, 6.07) is 5.72. The van der Waals surface area contributed by atoms with E-state index >= 15 is 0 Å². The highest BCUT2D eigenvalue weighted by Gasteiger charge is 2.28. The van der Waals surface area contributed by atoms with Gasteiger partial charge >= 0.3 is 0 Å². The van der Waals surface area contributed by atoms with Gasteiger partial charge in [-0.05, 0) is 31.4 Å². The summed E-state index contributed by atoms with van der Waals surface area (Å²) >= 11 is 0. The Morgan fingerprint density at radius 2 is 2.14 bits per heavy atom. The van der Waals surface area contributed by atoms with Crippen molar-refractivity contribution < 1.29 is 4.79 Å². The number of hydrogen-bond donors (Lipinski definition) is 1. The van der Waals surface area contributed by atoms with Crippen LogP contribution < -0.4 is 10.2 Å². The smallest absolute Gasteiger partial charge is 0.230 e. The summed E-state index contributed by atoms with van der Waals surface area (Å²) in [6.45, 7) is 3.23. The largest absolute Gasteiger partial charge is 0.357 e. The number of nitrogens with zero attached hydrogens (tertiary/aromatic N) is 4. The van der Waals surface area contributed by atoms with E-state index in [0.717, 1.165) is 25.3 Å². The standard InChI is InChI=1S/C15H19N5O/c16-11-19-9-6-12(10-19)15(21)18-13-4-3-5-14(17-13)20-7-1-2-8-20/h3-5,12H,1-2,6-10H2,(H,17,18,21)/t12-/m0/s1. The number of pyridine rings is 1. The van der Waals surface area contributed by atoms with Gasteiger partial charge in [0, 0.05) is 26.2 Å². The number of aromatic nitrogens is 1. The van der Waals surface area contributed by atoms with Gasteiger partial charge in [0.25, 0.3) is 0 Å². The fraction of sp³-hybridized carbons (Fsp3) is 0.533. The Labute approximate surface area is 124 Å². The average molecular weight is 285 g/mol. The lowest BCUT2D eigenvalue weighted by Gasteiger charge is -2.17. The highest BCUT2D eigenvalue weighted by molar-refractivity contribution is 5.92. The molecule has 1 amide bonds. The van der Waals surface area contributed by atoms with Crippen molar-refractivity contribution in [2.24, 2.45) is 5.92 Å². The van der Waals surface area contributed by atoms with Gasteiger partial charge in [0.05, 0.1) is 5.92 Å². The van der Waals surface area contributed by atoms with Gasteiger partial charge in [-0.25, -0.2) is 4.98 Å². The van der Waals surface area contributed by atoms with Crippen LogP contribution in [0.2, 0.25) is 0 Å². The summed E-state index contributed by atoms with van der Waals surface area (Å²) in [5.74, 6) is 1.36. The lowest BCUT2D eigenvalue weighted by molar-refractivity contribution is -0.119. The summed E-state index contributed by atoms with van der Waals surface area (Å²) in [6.07, 6.45) is 5.21. The number of rotatable bonds is 3. The molecular weight excluding hydrogens is 266 g/mol. The molecule has 1 N–H and O–H groups in total. The number of anilines is 2. The van der Waals surface area contributed by atoms with E-state index < -0.39 is 0 Å². The monoisotopic (exact) mass is 285 g/mol. The maximum absolute atomic E-state index is 12.2. The van der Waals surface area contributed by atoms with Crippen LogP contribution in [0, 0.1) is 17.4 Å². The minimum atomic E-state index is -0.123. The fourth-order valence-electron chi connectivity index (χ4n) is 2.91. The topological polar surface area (TPSA) is 72.3 Å². The second-order valence-corrected chi connectivity index (χ2v) is 5.60. The second kappa shape index (κ2) is 6.00. The Kier molecular flexibility index (Phi) is 3.91. The Bertz CT molecular complexity index is 561. The van der Waals surface area contributed by atoms with E-state index in [0.29, 0.717) is 18.9 Å². The molecular formula is C15H19N5O. The molecule has 0 bridgehead atoms. The second-order valence-electron chi connectivity index (χ2n) is 5.60. The van der Waals surface area contributed by atoms with E-state index in [1.165, 1.54) is 12.8 Å². The molecule has 0 aliphatic carbocycles. The van der Waals surface area contributed by atoms with Crippen molar-refractivity contribution in [3.05, 3.63) is 18.2 Å². The number of hydrogen-bond acceptors (Lipinski definition) is 5. The van der Waals surface area contributed by atoms with Crippen molar-refractivity contribution in [2.45, 2.75) is 19.3 Å². The van der Waals surface area contributed by atoms with E-state index in [9.17, 15) is 4.79 Å². The molecule has 2 saturated heterocycles. The van der Waals surface area contributed by atoms with Crippen LogP contribution in [0.3, 0.4) is 0 Å². The first-order valence-corrected chi connectivity index (χ1v) is 7.44. The molecule has 2 aliphatic rings. The molecule has 0 aromatic carbocycles. The van der Waals surface area contributed by atoms with Crippen molar-refractivity contribution >= 4 is 17.5 Å². The van der Waals surface area contributed by atoms with E-state index in [4.69, 9.17) is 5.26 Å². The molecule has 2 fully saturated rings. The molecule has 3 rings (SSSR count). The van der Waals surface area contributed by atoms with Crippen molar-refractivity contribution in [1.82, 2.24) is 9.88 Å². The highest BCUT2D eigenvalue weighted by Crippen LogP contribution is 2.21. The molecule has 0 unspecified atom stereocenters. The van der Waals surface area contributed by atoms with Gasteiger partial charge in [0.15, 0.2) is 6.19 Å². The minimum Gasteiger partial charge on any atom is -0.357 e. The Morgan fingerprint density at radius 3 is 2.86 bits per heavy atom. The van der Waals surface area contributed by atoms with Gasteiger partial charge in [0.2, 0.25) is 5.91 Å². The molecule has 110 valence electrons. The van der Waals surface area contributed by atoms with Crippen LogP contribution in [-0.2, 0) is 4.79 Å². The first-order chi connectivity index (χ1) is 10.3. The number of amides is 1. The van der Waals surface area contributed by atoms with E-state index in [1.807, 2.05) is 18.2 Å².